The molecule has 1 heterocycles. The van der Waals surface area contributed by atoms with Crippen molar-refractivity contribution >= 4 is 28.9 Å². The van der Waals surface area contributed by atoms with Crippen molar-refractivity contribution in [3.8, 4) is 17.1 Å². The Labute approximate surface area is 124 Å². The van der Waals surface area contributed by atoms with Crippen LogP contribution < -0.4 is 5.73 Å². The summed E-state index contributed by atoms with van der Waals surface area (Å²) >= 11 is 12.1. The van der Waals surface area contributed by atoms with Crippen molar-refractivity contribution < 1.29 is 0 Å². The largest absolute Gasteiger partial charge is 0.399 e. The van der Waals surface area contributed by atoms with Crippen LogP contribution in [0, 0.1) is 0 Å². The molecule has 20 heavy (non-hydrogen) atoms. The van der Waals surface area contributed by atoms with Gasteiger partial charge in [0.2, 0.25) is 0 Å². The van der Waals surface area contributed by atoms with Crippen LogP contribution in [0.15, 0.2) is 42.5 Å². The molecule has 7 heteroatoms. The summed E-state index contributed by atoms with van der Waals surface area (Å²) in [6, 6.07) is 12.4. The zero-order chi connectivity index (χ0) is 14.1. The number of halogens is 2. The zero-order valence-corrected chi connectivity index (χ0v) is 11.7. The van der Waals surface area contributed by atoms with Gasteiger partial charge in [0, 0.05) is 16.3 Å². The predicted octanol–water partition coefficient (Wildman–Crippen LogP) is 3.22. The Morgan fingerprint density at radius 1 is 1.00 bits per heavy atom. The molecular weight excluding hydrogens is 297 g/mol. The molecule has 5 nitrogen and oxygen atoms in total. The van der Waals surface area contributed by atoms with Crippen molar-refractivity contribution in [2.75, 3.05) is 5.73 Å². The van der Waals surface area contributed by atoms with Gasteiger partial charge in [-0.15, -0.1) is 5.10 Å². The van der Waals surface area contributed by atoms with Gasteiger partial charge in [0.05, 0.1) is 10.7 Å². The average molecular weight is 306 g/mol. The fraction of sp³-hybridized carbons (Fsp3) is 0. The molecule has 100 valence electrons. The maximum Gasteiger partial charge on any atom is 0.187 e. The normalized spacial score (nSPS) is 10.7. The van der Waals surface area contributed by atoms with E-state index in [0.717, 1.165) is 5.56 Å². The fourth-order valence-electron chi connectivity index (χ4n) is 1.81. The van der Waals surface area contributed by atoms with Crippen molar-refractivity contribution in [2.24, 2.45) is 0 Å². The third-order valence-corrected chi connectivity index (χ3v) is 3.31. The maximum absolute atomic E-state index is 6.18. The van der Waals surface area contributed by atoms with Crippen LogP contribution in [-0.2, 0) is 0 Å². The van der Waals surface area contributed by atoms with Crippen LogP contribution in [-0.4, -0.2) is 20.2 Å². The summed E-state index contributed by atoms with van der Waals surface area (Å²) < 4.78 is 1.56. The first-order chi connectivity index (χ1) is 9.65. The standard InChI is InChI=1S/C13H9Cl2N5/c14-9-3-6-12(11(15)7-9)20-13(17-18-19-20)8-1-4-10(16)5-2-8/h1-7H,16H2. The van der Waals surface area contributed by atoms with Crippen molar-refractivity contribution in [3.05, 3.63) is 52.5 Å². The van der Waals surface area contributed by atoms with E-state index in [2.05, 4.69) is 15.5 Å². The number of tetrazole rings is 1. The topological polar surface area (TPSA) is 69.6 Å². The van der Waals surface area contributed by atoms with Gasteiger partial charge in [0.25, 0.3) is 0 Å². The Bertz CT molecular complexity index is 752. The first-order valence-corrected chi connectivity index (χ1v) is 6.50. The van der Waals surface area contributed by atoms with Gasteiger partial charge in [0.15, 0.2) is 5.82 Å². The quantitative estimate of drug-likeness (QED) is 0.738. The Balaban J connectivity index is 2.12. The molecule has 3 aromatic rings. The number of anilines is 1. The summed E-state index contributed by atoms with van der Waals surface area (Å²) in [4.78, 5) is 0. The van der Waals surface area contributed by atoms with E-state index < -0.39 is 0 Å². The Kier molecular flexibility index (Phi) is 3.30. The summed E-state index contributed by atoms with van der Waals surface area (Å²) in [7, 11) is 0. The Morgan fingerprint density at radius 3 is 2.45 bits per heavy atom. The van der Waals surface area contributed by atoms with Gasteiger partial charge in [0.1, 0.15) is 0 Å². The molecule has 0 fully saturated rings. The average Bonchev–Trinajstić information content (AvgIpc) is 2.88. The first kappa shape index (κ1) is 12.9. The van der Waals surface area contributed by atoms with Gasteiger partial charge < -0.3 is 5.73 Å². The molecule has 0 unspecified atom stereocenters. The van der Waals surface area contributed by atoms with Gasteiger partial charge in [-0.05, 0) is 52.9 Å². The van der Waals surface area contributed by atoms with Crippen LogP contribution in [0.2, 0.25) is 10.0 Å². The molecule has 0 aliphatic rings. The van der Waals surface area contributed by atoms with Crippen molar-refractivity contribution in [1.82, 2.24) is 20.2 Å². The van der Waals surface area contributed by atoms with E-state index in [1.54, 1.807) is 35.0 Å². The molecule has 1 aromatic heterocycles. The molecule has 0 bridgehead atoms. The summed E-state index contributed by atoms with van der Waals surface area (Å²) in [6.45, 7) is 0. The van der Waals surface area contributed by atoms with E-state index in [9.17, 15) is 0 Å². The molecule has 0 amide bonds. The van der Waals surface area contributed by atoms with Crippen LogP contribution >= 0.6 is 23.2 Å². The second kappa shape index (κ2) is 5.11. The summed E-state index contributed by atoms with van der Waals surface area (Å²) in [5.74, 6) is 0.578. The Morgan fingerprint density at radius 2 is 1.75 bits per heavy atom. The number of nitrogens with two attached hydrogens (primary N) is 1. The van der Waals surface area contributed by atoms with Crippen LogP contribution in [0.4, 0.5) is 5.69 Å². The molecular formula is C13H9Cl2N5. The molecule has 0 radical (unpaired) electrons. The number of aromatic nitrogens is 4. The molecule has 0 spiro atoms. The SMILES string of the molecule is Nc1ccc(-c2nnnn2-c2ccc(Cl)cc2Cl)cc1. The van der Waals surface area contributed by atoms with Crippen molar-refractivity contribution in [2.45, 2.75) is 0 Å². The number of hydrogen-bond donors (Lipinski definition) is 1. The van der Waals surface area contributed by atoms with Crippen LogP contribution in [0.5, 0.6) is 0 Å². The molecule has 0 atom stereocenters. The second-order valence-electron chi connectivity index (χ2n) is 4.13. The highest BCUT2D eigenvalue weighted by Crippen LogP contribution is 2.27. The maximum atomic E-state index is 6.18. The first-order valence-electron chi connectivity index (χ1n) is 5.75. The predicted molar refractivity (Wildman–Crippen MR) is 79.0 cm³/mol. The van der Waals surface area contributed by atoms with E-state index in [1.165, 1.54) is 0 Å². The highest BCUT2D eigenvalue weighted by Gasteiger charge is 2.13. The minimum atomic E-state index is 0.474. The number of nitrogens with zero attached hydrogens (tertiary/aromatic N) is 4. The van der Waals surface area contributed by atoms with Gasteiger partial charge in [-0.3, -0.25) is 0 Å². The molecule has 0 aliphatic carbocycles. The molecule has 2 N–H and O–H groups in total. The fourth-order valence-corrected chi connectivity index (χ4v) is 2.30. The lowest BCUT2D eigenvalue weighted by molar-refractivity contribution is 0.791. The van der Waals surface area contributed by atoms with Crippen LogP contribution in [0.3, 0.4) is 0 Å². The van der Waals surface area contributed by atoms with E-state index in [0.29, 0.717) is 27.2 Å². The highest BCUT2D eigenvalue weighted by atomic mass is 35.5. The summed E-state index contributed by atoms with van der Waals surface area (Å²) in [6.07, 6.45) is 0. The third-order valence-electron chi connectivity index (χ3n) is 2.78. The smallest absolute Gasteiger partial charge is 0.187 e. The lowest BCUT2D eigenvalue weighted by Gasteiger charge is -2.07. The van der Waals surface area contributed by atoms with Crippen molar-refractivity contribution in [3.63, 3.8) is 0 Å². The van der Waals surface area contributed by atoms with E-state index in [1.807, 2.05) is 12.1 Å². The van der Waals surface area contributed by atoms with E-state index >= 15 is 0 Å². The molecule has 0 saturated carbocycles. The minimum absolute atomic E-state index is 0.474. The van der Waals surface area contributed by atoms with Crippen LogP contribution in [0.25, 0.3) is 17.1 Å². The van der Waals surface area contributed by atoms with Gasteiger partial charge in [-0.2, -0.15) is 4.68 Å². The minimum Gasteiger partial charge on any atom is -0.399 e. The van der Waals surface area contributed by atoms with Gasteiger partial charge >= 0.3 is 0 Å². The third kappa shape index (κ3) is 2.33. The monoisotopic (exact) mass is 305 g/mol. The van der Waals surface area contributed by atoms with Crippen LogP contribution in [0.1, 0.15) is 0 Å². The highest BCUT2D eigenvalue weighted by molar-refractivity contribution is 6.35. The summed E-state index contributed by atoms with van der Waals surface area (Å²) in [5, 5.41) is 12.7. The molecule has 3 rings (SSSR count). The molecule has 2 aromatic carbocycles. The van der Waals surface area contributed by atoms with Crippen molar-refractivity contribution in [1.29, 1.82) is 0 Å². The molecule has 0 saturated heterocycles. The van der Waals surface area contributed by atoms with E-state index in [4.69, 9.17) is 28.9 Å². The van der Waals surface area contributed by atoms with E-state index in [-0.39, 0.29) is 0 Å². The zero-order valence-electron chi connectivity index (χ0n) is 10.2. The summed E-state index contributed by atoms with van der Waals surface area (Å²) in [5.41, 5.74) is 7.86. The lowest BCUT2D eigenvalue weighted by atomic mass is 10.2. The van der Waals surface area contributed by atoms with Gasteiger partial charge in [-0.1, -0.05) is 23.2 Å². The lowest BCUT2D eigenvalue weighted by Crippen LogP contribution is -2.00. The van der Waals surface area contributed by atoms with Gasteiger partial charge in [-0.25, -0.2) is 0 Å². The second-order valence-corrected chi connectivity index (χ2v) is 4.98. The number of rotatable bonds is 2. The number of benzene rings is 2. The Hall–Kier alpha value is -2.11. The molecule has 0 aliphatic heterocycles. The number of hydrogen-bond acceptors (Lipinski definition) is 4. The number of nitrogen functional groups attached to an aromatic ring is 1.